The van der Waals surface area contributed by atoms with Crippen LogP contribution in [0.1, 0.15) is 10.6 Å². The van der Waals surface area contributed by atoms with Crippen molar-refractivity contribution in [2.24, 2.45) is 0 Å². The van der Waals surface area contributed by atoms with Crippen LogP contribution in [0.4, 0.5) is 10.2 Å². The van der Waals surface area contributed by atoms with Gasteiger partial charge in [0.25, 0.3) is 5.91 Å². The van der Waals surface area contributed by atoms with Crippen LogP contribution in [0.2, 0.25) is 0 Å². The number of amides is 1. The van der Waals surface area contributed by atoms with Crippen LogP contribution in [0.25, 0.3) is 0 Å². The van der Waals surface area contributed by atoms with Gasteiger partial charge in [-0.1, -0.05) is 0 Å². The molecular formula is C10H7FN2O2. The summed E-state index contributed by atoms with van der Waals surface area (Å²) in [5, 5.41) is 2.29. The van der Waals surface area contributed by atoms with Crippen molar-refractivity contribution in [3.63, 3.8) is 0 Å². The lowest BCUT2D eigenvalue weighted by atomic mass is 10.4. The molecule has 4 nitrogen and oxygen atoms in total. The Morgan fingerprint density at radius 1 is 1.40 bits per heavy atom. The molecule has 5 heteroatoms. The van der Waals surface area contributed by atoms with E-state index in [-0.39, 0.29) is 11.6 Å². The van der Waals surface area contributed by atoms with E-state index in [1.165, 1.54) is 30.7 Å². The molecule has 0 radical (unpaired) electrons. The number of hydrogen-bond acceptors (Lipinski definition) is 3. The molecule has 0 atom stereocenters. The number of rotatable bonds is 2. The van der Waals surface area contributed by atoms with Gasteiger partial charge in [-0.05, 0) is 24.3 Å². The maximum atomic E-state index is 13.1. The van der Waals surface area contributed by atoms with Crippen molar-refractivity contribution in [2.45, 2.75) is 0 Å². The largest absolute Gasteiger partial charge is 0.459 e. The molecule has 76 valence electrons. The van der Waals surface area contributed by atoms with Crippen LogP contribution in [-0.4, -0.2) is 10.9 Å². The molecule has 0 unspecified atom stereocenters. The third-order valence-electron chi connectivity index (χ3n) is 1.74. The van der Waals surface area contributed by atoms with E-state index >= 15 is 0 Å². The van der Waals surface area contributed by atoms with Gasteiger partial charge in [-0.25, -0.2) is 9.37 Å². The Morgan fingerprint density at radius 2 is 2.27 bits per heavy atom. The number of carbonyl (C=O) groups excluding carboxylic acids is 1. The van der Waals surface area contributed by atoms with Gasteiger partial charge in [0.05, 0.1) is 6.26 Å². The van der Waals surface area contributed by atoms with Crippen molar-refractivity contribution in [2.75, 3.05) is 5.32 Å². The van der Waals surface area contributed by atoms with E-state index in [1.54, 1.807) is 6.07 Å². The summed E-state index contributed by atoms with van der Waals surface area (Å²) >= 11 is 0. The second-order valence-corrected chi connectivity index (χ2v) is 2.77. The van der Waals surface area contributed by atoms with Crippen molar-refractivity contribution in [1.82, 2.24) is 4.98 Å². The first-order chi connectivity index (χ1) is 7.27. The molecule has 0 saturated carbocycles. The van der Waals surface area contributed by atoms with Gasteiger partial charge < -0.3 is 9.73 Å². The Labute approximate surface area is 84.7 Å². The van der Waals surface area contributed by atoms with Gasteiger partial charge in [-0.3, -0.25) is 4.79 Å². The summed E-state index contributed by atoms with van der Waals surface area (Å²) in [6, 6.07) is 5.71. The van der Waals surface area contributed by atoms with E-state index in [0.29, 0.717) is 0 Å². The van der Waals surface area contributed by atoms with E-state index < -0.39 is 11.7 Å². The molecule has 0 aromatic carbocycles. The Kier molecular flexibility index (Phi) is 2.45. The molecule has 0 fully saturated rings. The summed E-state index contributed by atoms with van der Waals surface area (Å²) in [6.07, 6.45) is 2.75. The van der Waals surface area contributed by atoms with Crippen molar-refractivity contribution in [1.29, 1.82) is 0 Å². The standard InChI is InChI=1S/C10H7FN2O2/c11-7-3-1-5-12-9(7)13-10(14)8-4-2-6-15-8/h1-6H,(H,12,13,14). The molecule has 0 aliphatic heterocycles. The van der Waals surface area contributed by atoms with Gasteiger partial charge in [0.15, 0.2) is 17.4 Å². The minimum absolute atomic E-state index is 0.111. The van der Waals surface area contributed by atoms with E-state index in [4.69, 9.17) is 4.42 Å². The lowest BCUT2D eigenvalue weighted by Crippen LogP contribution is -2.13. The Morgan fingerprint density at radius 3 is 2.93 bits per heavy atom. The zero-order valence-corrected chi connectivity index (χ0v) is 7.61. The fraction of sp³-hybridized carbons (Fsp3) is 0. The molecule has 1 N–H and O–H groups in total. The fourth-order valence-corrected chi connectivity index (χ4v) is 1.05. The maximum Gasteiger partial charge on any atom is 0.292 e. The second kappa shape index (κ2) is 3.91. The molecule has 2 aromatic rings. The SMILES string of the molecule is O=C(Nc1ncccc1F)c1ccco1. The summed E-state index contributed by atoms with van der Waals surface area (Å²) < 4.78 is 17.9. The second-order valence-electron chi connectivity index (χ2n) is 2.77. The fourth-order valence-electron chi connectivity index (χ4n) is 1.05. The van der Waals surface area contributed by atoms with Crippen molar-refractivity contribution in [3.8, 4) is 0 Å². The highest BCUT2D eigenvalue weighted by Gasteiger charge is 2.11. The highest BCUT2D eigenvalue weighted by molar-refractivity contribution is 6.01. The summed E-state index contributed by atoms with van der Waals surface area (Å²) in [5.74, 6) is -1.12. The number of aromatic nitrogens is 1. The number of nitrogens with zero attached hydrogens (tertiary/aromatic N) is 1. The minimum atomic E-state index is -0.586. The highest BCUT2D eigenvalue weighted by atomic mass is 19.1. The predicted octanol–water partition coefficient (Wildman–Crippen LogP) is 2.07. The Hall–Kier alpha value is -2.17. The number of halogens is 1. The van der Waals surface area contributed by atoms with E-state index in [9.17, 15) is 9.18 Å². The molecule has 0 spiro atoms. The number of carbonyl (C=O) groups is 1. The van der Waals surface area contributed by atoms with Crippen molar-refractivity contribution in [3.05, 3.63) is 48.3 Å². The van der Waals surface area contributed by atoms with E-state index in [0.717, 1.165) is 0 Å². The quantitative estimate of drug-likeness (QED) is 0.818. The van der Waals surface area contributed by atoms with Crippen LogP contribution in [-0.2, 0) is 0 Å². The van der Waals surface area contributed by atoms with Crippen LogP contribution in [0.5, 0.6) is 0 Å². The lowest BCUT2D eigenvalue weighted by Gasteiger charge is -2.02. The molecule has 2 rings (SSSR count). The lowest BCUT2D eigenvalue weighted by molar-refractivity contribution is 0.0995. The third kappa shape index (κ3) is 2.01. The van der Waals surface area contributed by atoms with Gasteiger partial charge in [-0.2, -0.15) is 0 Å². The van der Waals surface area contributed by atoms with Crippen LogP contribution >= 0.6 is 0 Å². The van der Waals surface area contributed by atoms with Gasteiger partial charge in [0.1, 0.15) is 0 Å². The monoisotopic (exact) mass is 206 g/mol. The number of pyridine rings is 1. The first-order valence-electron chi connectivity index (χ1n) is 4.23. The third-order valence-corrected chi connectivity index (χ3v) is 1.74. The molecule has 0 aliphatic rings. The minimum Gasteiger partial charge on any atom is -0.459 e. The van der Waals surface area contributed by atoms with E-state index in [1.807, 2.05) is 0 Å². The maximum absolute atomic E-state index is 13.1. The number of hydrogen-bond donors (Lipinski definition) is 1. The topological polar surface area (TPSA) is 55.1 Å². The zero-order valence-electron chi connectivity index (χ0n) is 7.61. The molecule has 2 heterocycles. The van der Waals surface area contributed by atoms with E-state index in [2.05, 4.69) is 10.3 Å². The molecule has 0 bridgehead atoms. The van der Waals surface area contributed by atoms with Crippen LogP contribution < -0.4 is 5.32 Å². The number of anilines is 1. The Bertz CT molecular complexity index is 468. The molecule has 15 heavy (non-hydrogen) atoms. The van der Waals surface area contributed by atoms with Crippen LogP contribution in [0.15, 0.2) is 41.1 Å². The van der Waals surface area contributed by atoms with Gasteiger partial charge >= 0.3 is 0 Å². The van der Waals surface area contributed by atoms with Crippen molar-refractivity contribution >= 4 is 11.7 Å². The molecule has 2 aromatic heterocycles. The zero-order chi connectivity index (χ0) is 10.7. The average Bonchev–Trinajstić information content (AvgIpc) is 2.74. The van der Waals surface area contributed by atoms with Gasteiger partial charge in [-0.15, -0.1) is 0 Å². The normalized spacial score (nSPS) is 9.93. The molecule has 0 aliphatic carbocycles. The van der Waals surface area contributed by atoms with Gasteiger partial charge in [0, 0.05) is 6.20 Å². The highest BCUT2D eigenvalue weighted by Crippen LogP contribution is 2.10. The summed E-state index contributed by atoms with van der Waals surface area (Å²) in [5.41, 5.74) is 0. The smallest absolute Gasteiger partial charge is 0.292 e. The molecule has 1 amide bonds. The molecule has 0 saturated heterocycles. The summed E-state index contributed by atoms with van der Waals surface area (Å²) in [4.78, 5) is 15.1. The van der Waals surface area contributed by atoms with Crippen LogP contribution in [0.3, 0.4) is 0 Å². The first kappa shape index (κ1) is 9.39. The van der Waals surface area contributed by atoms with Crippen LogP contribution in [0, 0.1) is 5.82 Å². The first-order valence-corrected chi connectivity index (χ1v) is 4.23. The Balaban J connectivity index is 2.17. The summed E-state index contributed by atoms with van der Waals surface area (Å²) in [7, 11) is 0. The van der Waals surface area contributed by atoms with Gasteiger partial charge in [0.2, 0.25) is 0 Å². The molecular weight excluding hydrogens is 199 g/mol. The number of furan rings is 1. The summed E-state index contributed by atoms with van der Waals surface area (Å²) in [6.45, 7) is 0. The number of nitrogens with one attached hydrogen (secondary N) is 1. The van der Waals surface area contributed by atoms with Crippen molar-refractivity contribution < 1.29 is 13.6 Å². The average molecular weight is 206 g/mol. The predicted molar refractivity (Wildman–Crippen MR) is 50.9 cm³/mol.